The van der Waals surface area contributed by atoms with E-state index in [1.807, 2.05) is 41.3 Å². The van der Waals surface area contributed by atoms with Crippen molar-refractivity contribution in [2.75, 3.05) is 38.2 Å². The maximum Gasteiger partial charge on any atom is 0.259 e. The summed E-state index contributed by atoms with van der Waals surface area (Å²) in [5.74, 6) is 0.812. The maximum absolute atomic E-state index is 13.3. The lowest BCUT2D eigenvalue weighted by atomic mass is 10.0. The van der Waals surface area contributed by atoms with Crippen molar-refractivity contribution >= 4 is 33.4 Å². The molecule has 0 radical (unpaired) electrons. The van der Waals surface area contributed by atoms with Crippen molar-refractivity contribution in [3.8, 4) is 5.75 Å². The van der Waals surface area contributed by atoms with Gasteiger partial charge in [-0.25, -0.2) is 4.98 Å². The zero-order valence-electron chi connectivity index (χ0n) is 16.2. The fourth-order valence-electron chi connectivity index (χ4n) is 3.99. The van der Waals surface area contributed by atoms with Crippen LogP contribution in [0.3, 0.4) is 0 Å². The van der Waals surface area contributed by atoms with Crippen LogP contribution in [0.2, 0.25) is 0 Å². The second-order valence-corrected chi connectivity index (χ2v) is 6.88. The number of carbonyl (C=O) groups excluding carboxylic acids is 1. The Bertz CT molecular complexity index is 1010. The molecule has 1 aliphatic heterocycles. The summed E-state index contributed by atoms with van der Waals surface area (Å²) in [5, 5.41) is 1.83. The highest BCUT2D eigenvalue weighted by molar-refractivity contribution is 6.30. The minimum Gasteiger partial charge on any atom is -0.497 e. The average molecular weight is 363 g/mol. The molecule has 0 saturated heterocycles. The molecule has 140 valence electrons. The number of hydrogen-bond donors (Lipinski definition) is 0. The first-order valence-corrected chi connectivity index (χ1v) is 9.62. The van der Waals surface area contributed by atoms with Crippen LogP contribution < -0.4 is 9.64 Å². The number of carbonyl (C=O) groups is 1. The Morgan fingerprint density at radius 3 is 2.67 bits per heavy atom. The Kier molecular flexibility index (Phi) is 4.70. The largest absolute Gasteiger partial charge is 0.497 e. The van der Waals surface area contributed by atoms with E-state index < -0.39 is 0 Å². The molecule has 5 heteroatoms. The molecule has 0 fully saturated rings. The lowest BCUT2D eigenvalue weighted by molar-refractivity contribution is 0.0993. The molecule has 2 heterocycles. The average Bonchev–Trinajstić information content (AvgIpc) is 2.99. The number of hydrogen-bond acceptors (Lipinski definition) is 4. The first-order chi connectivity index (χ1) is 13.2. The van der Waals surface area contributed by atoms with Gasteiger partial charge in [-0.3, -0.25) is 4.79 Å². The van der Waals surface area contributed by atoms with Crippen molar-refractivity contribution in [1.82, 2.24) is 9.88 Å². The molecule has 0 atom stereocenters. The third-order valence-corrected chi connectivity index (χ3v) is 5.48. The summed E-state index contributed by atoms with van der Waals surface area (Å²) >= 11 is 0. The third kappa shape index (κ3) is 2.92. The van der Waals surface area contributed by atoms with E-state index >= 15 is 0 Å². The predicted octanol–water partition coefficient (Wildman–Crippen LogP) is 4.09. The van der Waals surface area contributed by atoms with E-state index in [1.165, 1.54) is 0 Å². The van der Waals surface area contributed by atoms with Gasteiger partial charge in [0.15, 0.2) is 0 Å². The van der Waals surface area contributed by atoms with Gasteiger partial charge in [-0.05, 0) is 56.4 Å². The van der Waals surface area contributed by atoms with E-state index in [2.05, 4.69) is 18.7 Å². The Morgan fingerprint density at radius 2 is 1.93 bits per heavy atom. The standard InChI is InChI=1S/C22H25N3O2/c1-4-24(5-2)12-7-13-25-19-9-6-8-18-21(19)20(22(25)26)16-14-15(27-3)10-11-17(16)23-18/h6,8-11,14H,4-5,7,12-13H2,1-3H3. The molecule has 0 N–H and O–H groups in total. The molecule has 0 aliphatic carbocycles. The van der Waals surface area contributed by atoms with Crippen LogP contribution in [0.4, 0.5) is 5.69 Å². The van der Waals surface area contributed by atoms with E-state index in [4.69, 9.17) is 9.72 Å². The van der Waals surface area contributed by atoms with Crippen molar-refractivity contribution in [1.29, 1.82) is 0 Å². The lowest BCUT2D eigenvalue weighted by Gasteiger charge is -2.21. The molecule has 5 nitrogen and oxygen atoms in total. The van der Waals surface area contributed by atoms with Gasteiger partial charge >= 0.3 is 0 Å². The first kappa shape index (κ1) is 17.7. The fraction of sp³-hybridized carbons (Fsp3) is 0.364. The van der Waals surface area contributed by atoms with E-state index in [0.717, 1.165) is 64.9 Å². The quantitative estimate of drug-likeness (QED) is 0.593. The molecule has 2 aromatic carbocycles. The molecular formula is C22H25N3O2. The van der Waals surface area contributed by atoms with Gasteiger partial charge in [0.05, 0.1) is 29.4 Å². The van der Waals surface area contributed by atoms with Crippen LogP contribution in [0.1, 0.15) is 30.6 Å². The van der Waals surface area contributed by atoms with Gasteiger partial charge in [0.2, 0.25) is 0 Å². The fourth-order valence-corrected chi connectivity index (χ4v) is 3.99. The van der Waals surface area contributed by atoms with Gasteiger partial charge in [-0.2, -0.15) is 0 Å². The highest BCUT2D eigenvalue weighted by Crippen LogP contribution is 2.40. The number of nitrogens with zero attached hydrogens (tertiary/aromatic N) is 3. The third-order valence-electron chi connectivity index (χ3n) is 5.48. The Morgan fingerprint density at radius 1 is 1.11 bits per heavy atom. The van der Waals surface area contributed by atoms with Crippen LogP contribution in [0.15, 0.2) is 36.4 Å². The number of benzene rings is 2. The van der Waals surface area contributed by atoms with E-state index in [0.29, 0.717) is 6.54 Å². The zero-order valence-corrected chi connectivity index (χ0v) is 16.2. The molecule has 0 spiro atoms. The van der Waals surface area contributed by atoms with Crippen LogP contribution in [0.25, 0.3) is 21.8 Å². The predicted molar refractivity (Wildman–Crippen MR) is 110 cm³/mol. The van der Waals surface area contributed by atoms with Crippen molar-refractivity contribution in [3.05, 3.63) is 42.0 Å². The Balaban J connectivity index is 1.76. The number of rotatable bonds is 7. The number of fused-ring (bicyclic) bond motifs is 2. The molecule has 1 amide bonds. The van der Waals surface area contributed by atoms with Crippen LogP contribution in [-0.2, 0) is 0 Å². The van der Waals surface area contributed by atoms with Crippen LogP contribution in [-0.4, -0.2) is 49.1 Å². The number of pyridine rings is 1. The minimum atomic E-state index is 0.0707. The maximum atomic E-state index is 13.3. The van der Waals surface area contributed by atoms with Gasteiger partial charge in [0.1, 0.15) is 5.75 Å². The second kappa shape index (κ2) is 7.16. The van der Waals surface area contributed by atoms with Gasteiger partial charge in [-0.15, -0.1) is 0 Å². The number of amides is 1. The van der Waals surface area contributed by atoms with Gasteiger partial charge < -0.3 is 14.5 Å². The summed E-state index contributed by atoms with van der Waals surface area (Å²) < 4.78 is 5.37. The summed E-state index contributed by atoms with van der Waals surface area (Å²) in [6.45, 7) is 8.13. The number of aromatic nitrogens is 1. The summed E-state index contributed by atoms with van der Waals surface area (Å²) in [7, 11) is 1.64. The van der Waals surface area contributed by atoms with Gasteiger partial charge in [0, 0.05) is 17.3 Å². The van der Waals surface area contributed by atoms with E-state index in [9.17, 15) is 4.79 Å². The van der Waals surface area contributed by atoms with Crippen molar-refractivity contribution in [3.63, 3.8) is 0 Å². The smallest absolute Gasteiger partial charge is 0.259 e. The van der Waals surface area contributed by atoms with Gasteiger partial charge in [0.25, 0.3) is 5.91 Å². The van der Waals surface area contributed by atoms with Crippen LogP contribution >= 0.6 is 0 Å². The SMILES string of the molecule is CCN(CC)CCCN1C(=O)c2c3cc(OC)ccc3nc3cccc1c23. The second-order valence-electron chi connectivity index (χ2n) is 6.88. The van der Waals surface area contributed by atoms with Crippen molar-refractivity contribution < 1.29 is 9.53 Å². The molecule has 1 aromatic heterocycles. The highest BCUT2D eigenvalue weighted by atomic mass is 16.5. The number of ether oxygens (including phenoxy) is 1. The molecule has 3 aromatic rings. The zero-order chi connectivity index (χ0) is 19.0. The molecular weight excluding hydrogens is 338 g/mol. The molecule has 0 saturated carbocycles. The Labute approximate surface area is 159 Å². The molecule has 27 heavy (non-hydrogen) atoms. The Hall–Kier alpha value is -2.66. The first-order valence-electron chi connectivity index (χ1n) is 9.62. The molecule has 4 rings (SSSR count). The molecule has 0 bridgehead atoms. The van der Waals surface area contributed by atoms with Crippen LogP contribution in [0.5, 0.6) is 5.75 Å². The lowest BCUT2D eigenvalue weighted by Crippen LogP contribution is -2.32. The monoisotopic (exact) mass is 363 g/mol. The minimum absolute atomic E-state index is 0.0707. The van der Waals surface area contributed by atoms with Crippen molar-refractivity contribution in [2.45, 2.75) is 20.3 Å². The summed E-state index contributed by atoms with van der Waals surface area (Å²) in [5.41, 5.74) is 3.44. The summed E-state index contributed by atoms with van der Waals surface area (Å²) in [6.07, 6.45) is 0.951. The highest BCUT2D eigenvalue weighted by Gasteiger charge is 2.32. The topological polar surface area (TPSA) is 45.7 Å². The van der Waals surface area contributed by atoms with E-state index in [-0.39, 0.29) is 5.91 Å². The van der Waals surface area contributed by atoms with Crippen molar-refractivity contribution in [2.24, 2.45) is 0 Å². The van der Waals surface area contributed by atoms with Gasteiger partial charge in [-0.1, -0.05) is 19.9 Å². The normalized spacial score (nSPS) is 13.3. The summed E-state index contributed by atoms with van der Waals surface area (Å²) in [4.78, 5) is 22.4. The van der Waals surface area contributed by atoms with E-state index in [1.54, 1.807) is 7.11 Å². The summed E-state index contributed by atoms with van der Waals surface area (Å²) in [6, 6.07) is 11.7. The molecule has 1 aliphatic rings. The number of anilines is 1. The number of methoxy groups -OCH3 is 1. The van der Waals surface area contributed by atoms with Crippen LogP contribution in [0, 0.1) is 0 Å². The molecule has 0 unspecified atom stereocenters.